The van der Waals surface area contributed by atoms with Crippen LogP contribution >= 0.6 is 0 Å². The van der Waals surface area contributed by atoms with Crippen LogP contribution in [-0.4, -0.2) is 131 Å². The molecule has 0 aliphatic carbocycles. The summed E-state index contributed by atoms with van der Waals surface area (Å²) in [4.78, 5) is 76.0. The Balaban J connectivity index is 0.992. The van der Waals surface area contributed by atoms with Gasteiger partial charge >= 0.3 is 20.3 Å². The molecule has 8 aliphatic rings. The van der Waals surface area contributed by atoms with E-state index in [0.29, 0.717) is 67.5 Å². The highest BCUT2D eigenvalue weighted by Crippen LogP contribution is 2.48. The zero-order valence-electron chi connectivity index (χ0n) is 43.4. The van der Waals surface area contributed by atoms with Crippen molar-refractivity contribution in [1.82, 2.24) is 37.5 Å². The first kappa shape index (κ1) is 48.3. The van der Waals surface area contributed by atoms with E-state index in [0.717, 1.165) is 22.3 Å². The molecule has 8 aromatic rings. The molecule has 406 valence electrons. The average Bonchev–Trinajstić information content (AvgIpc) is 3.06. The molecule has 0 radical (unpaired) electrons. The van der Waals surface area contributed by atoms with Gasteiger partial charge in [-0.3, -0.25) is 17.6 Å². The number of nitrogen functional groups attached to an aromatic ring is 2. The molecule has 81 heavy (non-hydrogen) atoms. The lowest BCUT2D eigenvalue weighted by atomic mass is 10.1. The van der Waals surface area contributed by atoms with Crippen LogP contribution in [0.15, 0.2) is 149 Å². The Labute approximate surface area is 457 Å². The van der Waals surface area contributed by atoms with E-state index in [2.05, 4.69) is 19.9 Å². The van der Waals surface area contributed by atoms with Crippen molar-refractivity contribution in [2.24, 2.45) is 30.0 Å². The SMILES string of the molecule is CC1(C)O[C@@H]2[C@H](O1)[C@@H](CO[Si]1(OC[C@H]3O[C@@H](n4cnc(N)nc4=O)[C@@H]4OC(C)(C)O[C@@H]43)n3c4c5ccccc5c3N=C3N=C(N=c5c6ccccc6c(n51)=NC1=NC(=N4)c4ccccc41)c1ccccc13)O[C@H]2n1cnc(N)nc1=O. The number of fused-ring (bicyclic) bond motifs is 16. The number of anilines is 2. The molecule has 12 heterocycles. The Morgan fingerprint density at radius 1 is 0.494 bits per heavy atom. The molecule has 8 aliphatic heterocycles. The van der Waals surface area contributed by atoms with Crippen LogP contribution in [0.2, 0.25) is 0 Å². The van der Waals surface area contributed by atoms with Gasteiger partial charge in [0, 0.05) is 43.8 Å². The van der Waals surface area contributed by atoms with E-state index in [9.17, 15) is 9.59 Å². The zero-order chi connectivity index (χ0) is 54.8. The number of ether oxygens (including phenoxy) is 6. The van der Waals surface area contributed by atoms with E-state index in [4.69, 9.17) is 78.7 Å². The molecule has 8 atom stereocenters. The van der Waals surface area contributed by atoms with E-state index in [1.165, 1.54) is 21.8 Å². The summed E-state index contributed by atoms with van der Waals surface area (Å²) in [5, 5.41) is 2.67. The third-order valence-electron chi connectivity index (χ3n) is 15.5. The number of aromatic nitrogens is 8. The quantitative estimate of drug-likeness (QED) is 0.207. The van der Waals surface area contributed by atoms with E-state index in [-0.39, 0.29) is 25.1 Å². The summed E-state index contributed by atoms with van der Waals surface area (Å²) in [6.07, 6.45) is -5.04. The molecule has 16 rings (SSSR count). The minimum Gasteiger partial charge on any atom is -0.368 e. The van der Waals surface area contributed by atoms with Gasteiger partial charge in [-0.05, 0) is 27.7 Å². The number of hydrogen-bond donors (Lipinski definition) is 2. The molecule has 4 saturated heterocycles. The van der Waals surface area contributed by atoms with Crippen molar-refractivity contribution >= 4 is 77.3 Å². The fraction of sp³-hybridized carbons (Fsp3) is 0.296. The first-order valence-corrected chi connectivity index (χ1v) is 27.9. The van der Waals surface area contributed by atoms with Crippen LogP contribution in [0, 0.1) is 0 Å². The molecule has 0 unspecified atom stereocenters. The van der Waals surface area contributed by atoms with Crippen molar-refractivity contribution < 1.29 is 37.3 Å². The summed E-state index contributed by atoms with van der Waals surface area (Å²) in [5.41, 5.74) is 14.0. The maximum atomic E-state index is 13.6. The number of amidine groups is 4. The molecular formula is C54H46N16O10Si. The van der Waals surface area contributed by atoms with Gasteiger partial charge in [-0.25, -0.2) is 49.5 Å². The Kier molecular flexibility index (Phi) is 10.2. The van der Waals surface area contributed by atoms with Crippen molar-refractivity contribution in [1.29, 1.82) is 0 Å². The maximum absolute atomic E-state index is 13.6. The van der Waals surface area contributed by atoms with Crippen LogP contribution in [0.25, 0.3) is 21.5 Å². The normalized spacial score (nSPS) is 26.4. The van der Waals surface area contributed by atoms with Crippen molar-refractivity contribution in [2.45, 2.75) is 88.3 Å². The third kappa shape index (κ3) is 7.27. The van der Waals surface area contributed by atoms with Gasteiger partial charge in [0.2, 0.25) is 11.9 Å². The van der Waals surface area contributed by atoms with E-state index in [1.54, 1.807) is 27.7 Å². The monoisotopic (exact) mass is 1110 g/mol. The summed E-state index contributed by atoms with van der Waals surface area (Å²) in [7, 11) is -4.99. The predicted octanol–water partition coefficient (Wildman–Crippen LogP) is 2.71. The predicted molar refractivity (Wildman–Crippen MR) is 290 cm³/mol. The lowest BCUT2D eigenvalue weighted by Crippen LogP contribution is -2.65. The molecule has 4 aromatic heterocycles. The van der Waals surface area contributed by atoms with Gasteiger partial charge < -0.3 is 48.7 Å². The number of benzene rings is 4. The van der Waals surface area contributed by atoms with E-state index in [1.807, 2.05) is 106 Å². The second kappa shape index (κ2) is 17.2. The molecule has 26 nitrogen and oxygen atoms in total. The average molecular weight is 1110 g/mol. The summed E-state index contributed by atoms with van der Waals surface area (Å²) in [5.74, 6) is -0.446. The maximum Gasteiger partial charge on any atom is 0.603 e. The number of rotatable bonds is 8. The van der Waals surface area contributed by atoms with Crippen LogP contribution in [0.5, 0.6) is 0 Å². The first-order chi connectivity index (χ1) is 39.2. The Morgan fingerprint density at radius 3 is 1.27 bits per heavy atom. The van der Waals surface area contributed by atoms with E-state index < -0.39 is 80.9 Å². The minimum absolute atomic E-state index is 0.205. The molecule has 6 bridgehead atoms. The van der Waals surface area contributed by atoms with Crippen LogP contribution < -0.4 is 33.8 Å². The Morgan fingerprint density at radius 2 is 0.864 bits per heavy atom. The number of nitrogens with two attached hydrogens (primary N) is 2. The highest BCUT2D eigenvalue weighted by atomic mass is 28.4. The number of hydrogen-bond acceptors (Lipinski definition) is 22. The molecule has 0 saturated carbocycles. The third-order valence-corrected chi connectivity index (χ3v) is 18.5. The van der Waals surface area contributed by atoms with Crippen LogP contribution in [0.1, 0.15) is 62.4 Å². The van der Waals surface area contributed by atoms with Crippen molar-refractivity contribution in [2.75, 3.05) is 24.7 Å². The van der Waals surface area contributed by atoms with Gasteiger partial charge in [-0.15, -0.1) is 0 Å². The van der Waals surface area contributed by atoms with Gasteiger partial charge in [0.05, 0.1) is 13.2 Å². The summed E-state index contributed by atoms with van der Waals surface area (Å²) in [6, 6.07) is 31.1. The highest BCUT2D eigenvalue weighted by molar-refractivity contribution is 6.66. The van der Waals surface area contributed by atoms with Gasteiger partial charge in [-0.1, -0.05) is 97.1 Å². The second-order valence-corrected chi connectivity index (χ2v) is 23.9. The van der Waals surface area contributed by atoms with Crippen LogP contribution in [0.3, 0.4) is 0 Å². The molecule has 4 fully saturated rings. The van der Waals surface area contributed by atoms with Crippen molar-refractivity contribution in [3.63, 3.8) is 0 Å². The second-order valence-electron chi connectivity index (χ2n) is 21.4. The van der Waals surface area contributed by atoms with Gasteiger partial charge in [0.1, 0.15) is 71.9 Å². The number of aliphatic imine (C=N–C) groups is 4. The molecule has 4 N–H and O–H groups in total. The highest BCUT2D eigenvalue weighted by Gasteiger charge is 2.61. The van der Waals surface area contributed by atoms with Gasteiger partial charge in [-0.2, -0.15) is 9.97 Å². The Hall–Kier alpha value is -8.64. The fourth-order valence-electron chi connectivity index (χ4n) is 12.2. The number of nitrogens with zero attached hydrogens (tertiary/aromatic N) is 14. The minimum atomic E-state index is -4.99. The van der Waals surface area contributed by atoms with Crippen molar-refractivity contribution in [3.05, 3.63) is 164 Å². The largest absolute Gasteiger partial charge is 0.603 e. The van der Waals surface area contributed by atoms with Gasteiger partial charge in [0.25, 0.3) is 0 Å². The molecule has 0 spiro atoms. The van der Waals surface area contributed by atoms with Crippen molar-refractivity contribution in [3.8, 4) is 0 Å². The molecular weight excluding hydrogens is 1060 g/mol. The Bertz CT molecular complexity index is 4200. The topological polar surface area (TPSA) is 305 Å². The van der Waals surface area contributed by atoms with Gasteiger partial charge in [0.15, 0.2) is 47.4 Å². The van der Waals surface area contributed by atoms with Crippen LogP contribution in [-0.2, 0) is 37.3 Å². The fourth-order valence-corrected chi connectivity index (χ4v) is 15.5. The molecule has 27 heteroatoms. The first-order valence-electron chi connectivity index (χ1n) is 26.2. The smallest absolute Gasteiger partial charge is 0.368 e. The summed E-state index contributed by atoms with van der Waals surface area (Å²) >= 11 is 0. The summed E-state index contributed by atoms with van der Waals surface area (Å²) in [6.45, 7) is 6.53. The van der Waals surface area contributed by atoms with Crippen LogP contribution in [0.4, 0.5) is 23.5 Å². The lowest BCUT2D eigenvalue weighted by Gasteiger charge is -2.35. The molecule has 0 amide bonds. The molecule has 4 aromatic carbocycles. The standard InChI is InChI=1S/C54H46N16O10Si/c1-53(2)77-35-33(75-47(37(35)79-53)67-23-57-49(55)65-51(67)71)21-73-81(74-22-34-36-38(80-54(3,4)78-36)48(76-34)68-24-58-50(56)66-52(68)72)69-43-29-17-9-10-18-30(29)45(69)63-41-27-15-7-8-16-28(27)42(60-41)64-46-32-20-12-11-19-31(32)44(70(46)81)62-40-26-14-6-5-13-25(26)39(59-40)61-43/h5-20,23-24,33-38,47-48H,21-22H2,1-4H3,(H2,55,65,71)(H2,56,66,72)/t33-,34-,35-,36-,37-,38-,47-,48-/m1/s1. The lowest BCUT2D eigenvalue weighted by molar-refractivity contribution is -0.202. The zero-order valence-corrected chi connectivity index (χ0v) is 44.4. The summed E-state index contributed by atoms with van der Waals surface area (Å²) < 4.78 is 62.3. The van der Waals surface area contributed by atoms with E-state index >= 15 is 0 Å².